The van der Waals surface area contributed by atoms with Crippen LogP contribution in [0.25, 0.3) is 10.2 Å². The van der Waals surface area contributed by atoms with Crippen LogP contribution in [0.2, 0.25) is 0 Å². The van der Waals surface area contributed by atoms with Gasteiger partial charge >= 0.3 is 0 Å². The van der Waals surface area contributed by atoms with Gasteiger partial charge in [-0.3, -0.25) is 0 Å². The Morgan fingerprint density at radius 2 is 2.44 bits per heavy atom. The maximum atomic E-state index is 5.97. The highest BCUT2D eigenvalue weighted by atomic mass is 32.1. The molecule has 0 bridgehead atoms. The van der Waals surface area contributed by atoms with Gasteiger partial charge in [-0.15, -0.1) is 11.3 Å². The lowest BCUT2D eigenvalue weighted by Gasteiger charge is -2.11. The second kappa shape index (κ2) is 5.24. The van der Waals surface area contributed by atoms with E-state index in [0.717, 1.165) is 43.6 Å². The summed E-state index contributed by atoms with van der Waals surface area (Å²) in [6, 6.07) is 6.24. The summed E-state index contributed by atoms with van der Waals surface area (Å²) in [7, 11) is 0. The molecule has 0 radical (unpaired) electrons. The van der Waals surface area contributed by atoms with Gasteiger partial charge in [0.1, 0.15) is 11.9 Å². The van der Waals surface area contributed by atoms with E-state index >= 15 is 0 Å². The number of ether oxygens (including phenoxy) is 1. The average molecular weight is 262 g/mol. The highest BCUT2D eigenvalue weighted by molar-refractivity contribution is 7.18. The quantitative estimate of drug-likeness (QED) is 0.919. The van der Waals surface area contributed by atoms with E-state index in [1.807, 2.05) is 6.07 Å². The fourth-order valence-corrected chi connectivity index (χ4v) is 3.37. The fraction of sp³-hybridized carbons (Fsp3) is 0.500. The minimum atomic E-state index is 0.325. The number of nitrogens with zero attached hydrogens (tertiary/aromatic N) is 1. The van der Waals surface area contributed by atoms with Crippen molar-refractivity contribution < 1.29 is 4.74 Å². The summed E-state index contributed by atoms with van der Waals surface area (Å²) in [6.45, 7) is 4.21. The van der Waals surface area contributed by atoms with E-state index in [1.165, 1.54) is 9.71 Å². The molecule has 96 valence electrons. The molecule has 0 aliphatic carbocycles. The molecular formula is C14H18N2OS. The van der Waals surface area contributed by atoms with Gasteiger partial charge in [0.2, 0.25) is 0 Å². The Balaban J connectivity index is 1.80. The van der Waals surface area contributed by atoms with E-state index in [-0.39, 0.29) is 0 Å². The molecule has 18 heavy (non-hydrogen) atoms. The summed E-state index contributed by atoms with van der Waals surface area (Å²) in [4.78, 5) is 4.63. The predicted octanol–water partition coefficient (Wildman–Crippen LogP) is 2.99. The van der Waals surface area contributed by atoms with Gasteiger partial charge in [0.25, 0.3) is 0 Å². The Labute approximate surface area is 111 Å². The van der Waals surface area contributed by atoms with Crippen LogP contribution >= 0.6 is 11.3 Å². The number of hydrogen-bond acceptors (Lipinski definition) is 4. The number of fused-ring (bicyclic) bond motifs is 1. The monoisotopic (exact) mass is 262 g/mol. The van der Waals surface area contributed by atoms with Gasteiger partial charge in [-0.05, 0) is 44.0 Å². The summed E-state index contributed by atoms with van der Waals surface area (Å²) >= 11 is 1.79. The van der Waals surface area contributed by atoms with Crippen LogP contribution in [-0.4, -0.2) is 24.2 Å². The Hall–Kier alpha value is -1.13. The molecule has 0 amide bonds. The van der Waals surface area contributed by atoms with Crippen molar-refractivity contribution >= 4 is 21.6 Å². The molecule has 1 aromatic carbocycles. The van der Waals surface area contributed by atoms with Crippen LogP contribution in [0.3, 0.4) is 0 Å². The normalized spacial score (nSPS) is 19.5. The molecule has 1 saturated heterocycles. The largest absolute Gasteiger partial charge is 0.489 e. The molecule has 3 nitrogen and oxygen atoms in total. The SMILES string of the molecule is CCCc1nc2ccc(OC3CCNC3)cc2s1. The van der Waals surface area contributed by atoms with Gasteiger partial charge < -0.3 is 10.1 Å². The molecule has 1 fully saturated rings. The third kappa shape index (κ3) is 2.49. The lowest BCUT2D eigenvalue weighted by Crippen LogP contribution is -2.19. The molecule has 2 aromatic rings. The van der Waals surface area contributed by atoms with Crippen molar-refractivity contribution in [2.75, 3.05) is 13.1 Å². The number of aryl methyl sites for hydroxylation is 1. The summed E-state index contributed by atoms with van der Waals surface area (Å²) in [5.41, 5.74) is 1.10. The van der Waals surface area contributed by atoms with Crippen LogP contribution in [0.4, 0.5) is 0 Å². The molecule has 2 heterocycles. The smallest absolute Gasteiger partial charge is 0.121 e. The van der Waals surface area contributed by atoms with Crippen molar-refractivity contribution in [2.24, 2.45) is 0 Å². The van der Waals surface area contributed by atoms with Crippen molar-refractivity contribution in [3.63, 3.8) is 0 Å². The lowest BCUT2D eigenvalue weighted by atomic mass is 10.3. The highest BCUT2D eigenvalue weighted by Gasteiger charge is 2.16. The molecule has 1 N–H and O–H groups in total. The van der Waals surface area contributed by atoms with E-state index < -0.39 is 0 Å². The second-order valence-corrected chi connectivity index (χ2v) is 5.83. The van der Waals surface area contributed by atoms with Crippen LogP contribution < -0.4 is 10.1 Å². The third-order valence-electron chi connectivity index (χ3n) is 3.19. The number of thiazole rings is 1. The first kappa shape index (κ1) is 11.9. The van der Waals surface area contributed by atoms with E-state index in [0.29, 0.717) is 6.10 Å². The van der Waals surface area contributed by atoms with Gasteiger partial charge in [-0.25, -0.2) is 4.98 Å². The lowest BCUT2D eigenvalue weighted by molar-refractivity contribution is 0.223. The number of nitrogens with one attached hydrogen (secondary N) is 1. The minimum Gasteiger partial charge on any atom is -0.489 e. The average Bonchev–Trinajstić information content (AvgIpc) is 2.98. The first-order chi connectivity index (χ1) is 8.85. The van der Waals surface area contributed by atoms with Crippen LogP contribution in [0.5, 0.6) is 5.75 Å². The Morgan fingerprint density at radius 3 is 3.22 bits per heavy atom. The zero-order valence-corrected chi connectivity index (χ0v) is 11.4. The van der Waals surface area contributed by atoms with Gasteiger partial charge in [0.05, 0.1) is 15.2 Å². The zero-order chi connectivity index (χ0) is 12.4. The maximum absolute atomic E-state index is 5.97. The summed E-state index contributed by atoms with van der Waals surface area (Å²) < 4.78 is 7.21. The molecule has 0 saturated carbocycles. The number of rotatable bonds is 4. The van der Waals surface area contributed by atoms with Crippen molar-refractivity contribution in [3.8, 4) is 5.75 Å². The molecule has 3 rings (SSSR count). The maximum Gasteiger partial charge on any atom is 0.121 e. The molecule has 1 atom stereocenters. The van der Waals surface area contributed by atoms with E-state index in [1.54, 1.807) is 11.3 Å². The minimum absolute atomic E-state index is 0.325. The first-order valence-corrected chi connectivity index (χ1v) is 7.43. The number of benzene rings is 1. The van der Waals surface area contributed by atoms with E-state index in [4.69, 9.17) is 4.74 Å². The van der Waals surface area contributed by atoms with E-state index in [9.17, 15) is 0 Å². The van der Waals surface area contributed by atoms with Gasteiger partial charge in [0, 0.05) is 6.54 Å². The standard InChI is InChI=1S/C14H18N2OS/c1-2-3-14-16-12-5-4-10(8-13(12)18-14)17-11-6-7-15-9-11/h4-5,8,11,15H,2-3,6-7,9H2,1H3. The zero-order valence-electron chi connectivity index (χ0n) is 10.6. The molecule has 1 aromatic heterocycles. The highest BCUT2D eigenvalue weighted by Crippen LogP contribution is 2.27. The molecule has 1 aliphatic heterocycles. The van der Waals surface area contributed by atoms with Gasteiger partial charge in [0.15, 0.2) is 0 Å². The van der Waals surface area contributed by atoms with Crippen molar-refractivity contribution in [3.05, 3.63) is 23.2 Å². The summed E-state index contributed by atoms with van der Waals surface area (Å²) in [5, 5.41) is 4.54. The molecular weight excluding hydrogens is 244 g/mol. The van der Waals surface area contributed by atoms with Crippen molar-refractivity contribution in [2.45, 2.75) is 32.3 Å². The number of aromatic nitrogens is 1. The van der Waals surface area contributed by atoms with Crippen LogP contribution in [-0.2, 0) is 6.42 Å². The van der Waals surface area contributed by atoms with Crippen LogP contribution in [0, 0.1) is 0 Å². The third-order valence-corrected chi connectivity index (χ3v) is 4.26. The van der Waals surface area contributed by atoms with Crippen LogP contribution in [0.1, 0.15) is 24.8 Å². The Morgan fingerprint density at radius 1 is 1.50 bits per heavy atom. The first-order valence-electron chi connectivity index (χ1n) is 6.62. The Kier molecular flexibility index (Phi) is 3.48. The summed E-state index contributed by atoms with van der Waals surface area (Å²) in [5.74, 6) is 0.975. The number of hydrogen-bond donors (Lipinski definition) is 1. The van der Waals surface area contributed by atoms with Crippen LogP contribution in [0.15, 0.2) is 18.2 Å². The molecule has 1 aliphatic rings. The van der Waals surface area contributed by atoms with E-state index in [2.05, 4.69) is 29.4 Å². The topological polar surface area (TPSA) is 34.1 Å². The molecule has 4 heteroatoms. The van der Waals surface area contributed by atoms with Crippen molar-refractivity contribution in [1.29, 1.82) is 0 Å². The second-order valence-electron chi connectivity index (χ2n) is 4.72. The molecule has 0 spiro atoms. The Bertz CT molecular complexity index is 532. The summed E-state index contributed by atoms with van der Waals surface area (Å²) in [6.07, 6.45) is 3.64. The van der Waals surface area contributed by atoms with Gasteiger partial charge in [-0.1, -0.05) is 6.92 Å². The fourth-order valence-electron chi connectivity index (χ4n) is 2.27. The molecule has 1 unspecified atom stereocenters. The van der Waals surface area contributed by atoms with Gasteiger partial charge in [-0.2, -0.15) is 0 Å². The predicted molar refractivity (Wildman–Crippen MR) is 75.5 cm³/mol. The van der Waals surface area contributed by atoms with Crippen molar-refractivity contribution in [1.82, 2.24) is 10.3 Å².